The Hall–Kier alpha value is -1.94. The molecule has 0 rings (SSSR count). The summed E-state index contributed by atoms with van der Waals surface area (Å²) < 4.78 is 67.7. The first kappa shape index (κ1) is 76.1. The number of carbonyl (C=O) groups is 4. The van der Waals surface area contributed by atoms with Gasteiger partial charge in [0.05, 0.1) is 26.4 Å². The van der Waals surface area contributed by atoms with Crippen LogP contribution in [0.2, 0.25) is 0 Å². The third-order valence-electron chi connectivity index (χ3n) is 14.1. The molecule has 4 unspecified atom stereocenters. The maximum atomic E-state index is 12.9. The Labute approximate surface area is 473 Å². The van der Waals surface area contributed by atoms with Gasteiger partial charge in [-0.25, -0.2) is 9.13 Å². The van der Waals surface area contributed by atoms with Crippen molar-refractivity contribution in [1.82, 2.24) is 0 Å². The first-order chi connectivity index (χ1) is 37.3. The number of hydrogen-bond acceptors (Lipinski definition) is 15. The molecule has 0 spiro atoms. The van der Waals surface area contributed by atoms with Crippen molar-refractivity contribution < 1.29 is 80.2 Å². The summed E-state index contributed by atoms with van der Waals surface area (Å²) in [6.45, 7) is 11.6. The second-order valence-electron chi connectivity index (χ2n) is 22.3. The molecular formula is C59H114O17P2. The molecular weight excluding hydrogens is 1040 g/mol. The molecule has 0 aliphatic heterocycles. The molecule has 0 aromatic heterocycles. The highest BCUT2D eigenvalue weighted by molar-refractivity contribution is 7.47. The number of aliphatic hydroxyl groups is 1. The van der Waals surface area contributed by atoms with Crippen LogP contribution in [0.25, 0.3) is 0 Å². The highest BCUT2D eigenvalue weighted by Gasteiger charge is 2.30. The molecule has 0 heterocycles. The molecule has 78 heavy (non-hydrogen) atoms. The summed E-state index contributed by atoms with van der Waals surface area (Å²) in [4.78, 5) is 71.8. The largest absolute Gasteiger partial charge is 0.472 e. The van der Waals surface area contributed by atoms with Gasteiger partial charge in [0.15, 0.2) is 12.2 Å². The summed E-state index contributed by atoms with van der Waals surface area (Å²) in [5.41, 5.74) is 0. The molecule has 0 amide bonds. The minimum atomic E-state index is -4.94. The normalized spacial score (nSPS) is 15.2. The highest BCUT2D eigenvalue weighted by atomic mass is 31.2. The summed E-state index contributed by atoms with van der Waals surface area (Å²) in [6.07, 6.45) is 29.6. The van der Waals surface area contributed by atoms with E-state index in [1.165, 1.54) is 70.6 Å². The lowest BCUT2D eigenvalue weighted by Gasteiger charge is -2.21. The molecule has 0 aromatic rings. The number of rotatable bonds is 57. The average Bonchev–Trinajstić information content (AvgIpc) is 3.40. The van der Waals surface area contributed by atoms with E-state index in [0.29, 0.717) is 25.7 Å². The number of esters is 4. The van der Waals surface area contributed by atoms with Gasteiger partial charge in [-0.15, -0.1) is 0 Å². The van der Waals surface area contributed by atoms with Gasteiger partial charge in [0.1, 0.15) is 19.3 Å². The number of phosphoric acid groups is 2. The third-order valence-corrected chi connectivity index (χ3v) is 16.0. The molecule has 0 aromatic carbocycles. The van der Waals surface area contributed by atoms with Crippen molar-refractivity contribution >= 4 is 39.5 Å². The smallest absolute Gasteiger partial charge is 0.462 e. The molecule has 19 heteroatoms. The highest BCUT2D eigenvalue weighted by Crippen LogP contribution is 2.45. The van der Waals surface area contributed by atoms with Crippen LogP contribution in [0.15, 0.2) is 0 Å². The Balaban J connectivity index is 5.24. The van der Waals surface area contributed by atoms with Gasteiger partial charge < -0.3 is 33.8 Å². The van der Waals surface area contributed by atoms with Gasteiger partial charge in [-0.3, -0.25) is 37.3 Å². The maximum Gasteiger partial charge on any atom is 0.472 e. The lowest BCUT2D eigenvalue weighted by molar-refractivity contribution is -0.161. The first-order valence-corrected chi connectivity index (χ1v) is 33.9. The van der Waals surface area contributed by atoms with Gasteiger partial charge in [-0.1, -0.05) is 228 Å². The molecule has 462 valence electrons. The van der Waals surface area contributed by atoms with Crippen molar-refractivity contribution in [3.8, 4) is 0 Å². The fourth-order valence-electron chi connectivity index (χ4n) is 8.53. The van der Waals surface area contributed by atoms with Crippen LogP contribution in [0.3, 0.4) is 0 Å². The van der Waals surface area contributed by atoms with Gasteiger partial charge in [-0.2, -0.15) is 0 Å². The van der Waals surface area contributed by atoms with Crippen LogP contribution in [0.1, 0.15) is 280 Å². The SMILES string of the molecule is CCCCCCCCCC(=O)OC[C@H](COP(=O)(O)OC[C@H](O)COP(=O)(O)OC[C@@H](COC(=O)CCCCCCCCC(C)CC)OC(=O)CCCCCCCCCCC(C)C)OC(=O)CCCCCCCCC(C)CC. The van der Waals surface area contributed by atoms with Gasteiger partial charge in [0.2, 0.25) is 0 Å². The van der Waals surface area contributed by atoms with E-state index in [0.717, 1.165) is 127 Å². The molecule has 0 bridgehead atoms. The van der Waals surface area contributed by atoms with Crippen molar-refractivity contribution in [3.05, 3.63) is 0 Å². The molecule has 0 aliphatic rings. The van der Waals surface area contributed by atoms with Crippen molar-refractivity contribution in [3.63, 3.8) is 0 Å². The number of aliphatic hydroxyl groups excluding tert-OH is 1. The van der Waals surface area contributed by atoms with Crippen molar-refractivity contribution in [2.24, 2.45) is 17.8 Å². The molecule has 0 aliphatic carbocycles. The second-order valence-corrected chi connectivity index (χ2v) is 25.2. The Bertz CT molecular complexity index is 1570. The summed E-state index contributed by atoms with van der Waals surface area (Å²) in [5.74, 6) is 0.0178. The van der Waals surface area contributed by atoms with Crippen molar-refractivity contribution in [2.75, 3.05) is 39.6 Å². The number of hydrogen-bond donors (Lipinski definition) is 3. The van der Waals surface area contributed by atoms with Gasteiger partial charge in [-0.05, 0) is 43.4 Å². The number of unbranched alkanes of at least 4 members (excludes halogenated alkanes) is 23. The molecule has 0 radical (unpaired) electrons. The number of ether oxygens (including phenoxy) is 4. The van der Waals surface area contributed by atoms with E-state index in [-0.39, 0.29) is 25.7 Å². The predicted octanol–water partition coefficient (Wildman–Crippen LogP) is 15.6. The summed E-state index contributed by atoms with van der Waals surface area (Å²) in [6, 6.07) is 0. The summed E-state index contributed by atoms with van der Waals surface area (Å²) in [7, 11) is -9.87. The fraction of sp³-hybridized carbons (Fsp3) is 0.932. The second kappa shape index (κ2) is 50.8. The maximum absolute atomic E-state index is 12.9. The zero-order valence-electron chi connectivity index (χ0n) is 50.1. The predicted molar refractivity (Wildman–Crippen MR) is 308 cm³/mol. The monoisotopic (exact) mass is 1160 g/mol. The van der Waals surface area contributed by atoms with Crippen LogP contribution in [0, 0.1) is 17.8 Å². The van der Waals surface area contributed by atoms with E-state index < -0.39 is 97.5 Å². The van der Waals surface area contributed by atoms with Crippen LogP contribution < -0.4 is 0 Å². The topological polar surface area (TPSA) is 237 Å². The van der Waals surface area contributed by atoms with E-state index in [9.17, 15) is 43.2 Å². The quantitative estimate of drug-likeness (QED) is 0.0222. The molecule has 7 atom stereocenters. The van der Waals surface area contributed by atoms with E-state index in [4.69, 9.17) is 37.0 Å². The lowest BCUT2D eigenvalue weighted by atomic mass is 10.00. The van der Waals surface area contributed by atoms with Crippen molar-refractivity contribution in [1.29, 1.82) is 0 Å². The minimum Gasteiger partial charge on any atom is -0.462 e. The number of phosphoric ester groups is 2. The van der Waals surface area contributed by atoms with Crippen LogP contribution in [0.4, 0.5) is 0 Å². The zero-order chi connectivity index (χ0) is 58.1. The number of carbonyl (C=O) groups excluding carboxylic acids is 4. The van der Waals surface area contributed by atoms with E-state index >= 15 is 0 Å². The molecule has 17 nitrogen and oxygen atoms in total. The van der Waals surface area contributed by atoms with E-state index in [1.54, 1.807) is 0 Å². The van der Waals surface area contributed by atoms with Gasteiger partial charge >= 0.3 is 39.5 Å². The first-order valence-electron chi connectivity index (χ1n) is 30.9. The van der Waals surface area contributed by atoms with Crippen LogP contribution in [-0.4, -0.2) is 96.7 Å². The van der Waals surface area contributed by atoms with Crippen LogP contribution in [-0.2, 0) is 65.4 Å². The fourth-order valence-corrected chi connectivity index (χ4v) is 10.1. The van der Waals surface area contributed by atoms with Crippen molar-refractivity contribution in [2.45, 2.75) is 298 Å². The third kappa shape index (κ3) is 51.0. The Morgan fingerprint density at radius 1 is 0.372 bits per heavy atom. The van der Waals surface area contributed by atoms with Crippen LogP contribution in [0.5, 0.6) is 0 Å². The molecule has 0 saturated heterocycles. The van der Waals surface area contributed by atoms with Gasteiger partial charge in [0.25, 0.3) is 0 Å². The standard InChI is InChI=1S/C59H114O17P2/c1-8-11-12-13-16-26-33-40-56(61)69-46-55(76-59(64)43-36-29-22-20-25-32-39-52(7)10-3)49-74-78(67,68)72-45-53(60)44-71-77(65,66)73-48-54(47-70-57(62)41-34-27-21-19-24-31-38-51(6)9-2)75-58(63)42-35-28-18-15-14-17-23-30-37-50(4)5/h50-55,60H,8-49H2,1-7H3,(H,65,66)(H,67,68)/t51?,52?,53-,54-,55-/m1/s1. The summed E-state index contributed by atoms with van der Waals surface area (Å²) >= 11 is 0. The molecule has 0 fully saturated rings. The average molecular weight is 1160 g/mol. The lowest BCUT2D eigenvalue weighted by Crippen LogP contribution is -2.30. The minimum absolute atomic E-state index is 0.102. The Morgan fingerprint density at radius 2 is 0.654 bits per heavy atom. The molecule has 0 saturated carbocycles. The van der Waals surface area contributed by atoms with E-state index in [2.05, 4.69) is 48.5 Å². The molecule has 3 N–H and O–H groups in total. The van der Waals surface area contributed by atoms with E-state index in [1.807, 2.05) is 0 Å². The zero-order valence-corrected chi connectivity index (χ0v) is 51.9. The Morgan fingerprint density at radius 3 is 0.974 bits per heavy atom. The van der Waals surface area contributed by atoms with Gasteiger partial charge in [0, 0.05) is 25.7 Å². The Kier molecular flexibility index (Phi) is 49.5. The van der Waals surface area contributed by atoms with Crippen LogP contribution >= 0.6 is 15.6 Å². The summed E-state index contributed by atoms with van der Waals surface area (Å²) in [5, 5.41) is 10.5.